The van der Waals surface area contributed by atoms with Gasteiger partial charge in [0.05, 0.1) is 16.9 Å². The Bertz CT molecular complexity index is 1020. The highest BCUT2D eigenvalue weighted by molar-refractivity contribution is 7.71. The number of carbonyl (C=O) groups is 2. The first kappa shape index (κ1) is 19.9. The summed E-state index contributed by atoms with van der Waals surface area (Å²) in [6.07, 6.45) is 2.29. The van der Waals surface area contributed by atoms with Crippen LogP contribution in [0.5, 0.6) is 0 Å². The highest BCUT2D eigenvalue weighted by Crippen LogP contribution is 2.36. The maximum absolute atomic E-state index is 11.8. The second-order valence-electron chi connectivity index (χ2n) is 7.02. The van der Waals surface area contributed by atoms with Gasteiger partial charge in [-0.15, -0.1) is 0 Å². The molecule has 8 heteroatoms. The maximum Gasteiger partial charge on any atom is 0.336 e. The van der Waals surface area contributed by atoms with Gasteiger partial charge in [0.15, 0.2) is 0 Å². The van der Waals surface area contributed by atoms with Crippen molar-refractivity contribution in [1.82, 2.24) is 0 Å². The molecule has 0 heterocycles. The molecule has 148 valence electrons. The second-order valence-corrected chi connectivity index (χ2v) is 8.00. The third-order valence-corrected chi connectivity index (χ3v) is 5.41. The maximum atomic E-state index is 11.8. The lowest BCUT2D eigenvalue weighted by atomic mass is 9.92. The average Bonchev–Trinajstić information content (AvgIpc) is 3.43. The fourth-order valence-electron chi connectivity index (χ4n) is 3.13. The topological polar surface area (TPSA) is 121 Å². The Morgan fingerprint density at radius 1 is 1.04 bits per heavy atom. The zero-order valence-electron chi connectivity index (χ0n) is 15.3. The molecule has 0 aliphatic heterocycles. The van der Waals surface area contributed by atoms with E-state index in [0.29, 0.717) is 33.9 Å². The van der Waals surface area contributed by atoms with Crippen molar-refractivity contribution in [3.8, 4) is 11.1 Å². The molecule has 0 atom stereocenters. The van der Waals surface area contributed by atoms with E-state index in [1.54, 1.807) is 25.1 Å². The van der Waals surface area contributed by atoms with Crippen LogP contribution in [0.3, 0.4) is 0 Å². The van der Waals surface area contributed by atoms with Gasteiger partial charge in [-0.3, -0.25) is 0 Å². The minimum absolute atomic E-state index is 0.0765. The van der Waals surface area contributed by atoms with Gasteiger partial charge in [-0.25, -0.2) is 18.0 Å². The summed E-state index contributed by atoms with van der Waals surface area (Å²) in [6, 6.07) is 7.79. The number of aromatic carboxylic acids is 2. The first-order chi connectivity index (χ1) is 13.3. The zero-order chi connectivity index (χ0) is 20.4. The molecule has 3 N–H and O–H groups in total. The van der Waals surface area contributed by atoms with Crippen LogP contribution >= 0.6 is 0 Å². The second kappa shape index (κ2) is 8.02. The van der Waals surface area contributed by atoms with E-state index in [9.17, 15) is 28.2 Å². The van der Waals surface area contributed by atoms with Crippen molar-refractivity contribution >= 4 is 28.3 Å². The summed E-state index contributed by atoms with van der Waals surface area (Å²) < 4.78 is 22.3. The lowest BCUT2D eigenvalue weighted by Crippen LogP contribution is -2.09. The lowest BCUT2D eigenvalue weighted by Gasteiger charge is -2.17. The van der Waals surface area contributed by atoms with Crippen LogP contribution in [0.15, 0.2) is 30.3 Å². The molecule has 1 aliphatic rings. The summed E-state index contributed by atoms with van der Waals surface area (Å²) in [6.45, 7) is 2.35. The van der Waals surface area contributed by atoms with Crippen LogP contribution < -0.4 is 5.32 Å². The zero-order valence-corrected chi connectivity index (χ0v) is 16.2. The fraction of sp³-hybridized carbons (Fsp3) is 0.300. The largest absolute Gasteiger partial charge is 0.478 e. The van der Waals surface area contributed by atoms with Crippen molar-refractivity contribution in [3.63, 3.8) is 0 Å². The Morgan fingerprint density at radius 2 is 1.71 bits per heavy atom. The van der Waals surface area contributed by atoms with E-state index in [-0.39, 0.29) is 16.9 Å². The molecule has 0 amide bonds. The minimum Gasteiger partial charge on any atom is -0.478 e. The standard InChI is InChI=1S/C20H21NO6S/c1-11-6-15(17(20(24)25)8-14(11)19(22)23)16-7-13(10-28(26)27)4-5-18(16)21-9-12-2-3-12/h4-8,12,21,28H,2-3,9-10H2,1H3,(H,22,23)(H,24,25). The number of carboxylic acid groups (broad SMARTS) is 2. The quantitative estimate of drug-likeness (QED) is 0.500. The van der Waals surface area contributed by atoms with E-state index in [2.05, 4.69) is 5.32 Å². The van der Waals surface area contributed by atoms with Gasteiger partial charge in [0, 0.05) is 17.8 Å². The molecule has 2 aromatic carbocycles. The number of rotatable bonds is 8. The van der Waals surface area contributed by atoms with Crippen LogP contribution in [0.1, 0.15) is 44.7 Å². The summed E-state index contributed by atoms with van der Waals surface area (Å²) in [5, 5.41) is 22.3. The summed E-state index contributed by atoms with van der Waals surface area (Å²) in [5.41, 5.74) is 2.36. The number of hydrogen-bond acceptors (Lipinski definition) is 5. The van der Waals surface area contributed by atoms with Crippen molar-refractivity contribution in [2.24, 2.45) is 5.92 Å². The van der Waals surface area contributed by atoms with Gasteiger partial charge in [0.25, 0.3) is 0 Å². The fourth-order valence-corrected chi connectivity index (χ4v) is 3.63. The first-order valence-corrected chi connectivity index (χ1v) is 10.2. The smallest absolute Gasteiger partial charge is 0.336 e. The number of carboxylic acids is 2. The Kier molecular flexibility index (Phi) is 5.69. The van der Waals surface area contributed by atoms with Gasteiger partial charge in [-0.1, -0.05) is 6.07 Å². The van der Waals surface area contributed by atoms with E-state index >= 15 is 0 Å². The molecule has 0 aromatic heterocycles. The number of hydrogen-bond donors (Lipinski definition) is 4. The van der Waals surface area contributed by atoms with Crippen LogP contribution in [-0.4, -0.2) is 37.1 Å². The van der Waals surface area contributed by atoms with Crippen LogP contribution in [0.25, 0.3) is 11.1 Å². The van der Waals surface area contributed by atoms with Crippen molar-refractivity contribution in [3.05, 3.63) is 52.6 Å². The minimum atomic E-state index is -2.63. The molecule has 0 saturated heterocycles. The summed E-state index contributed by atoms with van der Waals surface area (Å²) >= 11 is 0. The van der Waals surface area contributed by atoms with E-state index in [4.69, 9.17) is 0 Å². The van der Waals surface area contributed by atoms with E-state index < -0.39 is 22.6 Å². The third-order valence-electron chi connectivity index (χ3n) is 4.79. The lowest BCUT2D eigenvalue weighted by molar-refractivity contribution is 0.0695. The van der Waals surface area contributed by atoms with Crippen LogP contribution in [0, 0.1) is 12.8 Å². The monoisotopic (exact) mass is 403 g/mol. The van der Waals surface area contributed by atoms with Crippen molar-refractivity contribution in [1.29, 1.82) is 0 Å². The Hall–Kier alpha value is -2.87. The molecule has 1 fully saturated rings. The van der Waals surface area contributed by atoms with Gasteiger partial charge in [0.2, 0.25) is 0 Å². The number of thiol groups is 1. The molecule has 0 spiro atoms. The van der Waals surface area contributed by atoms with Crippen LogP contribution in [-0.2, 0) is 16.5 Å². The SMILES string of the molecule is Cc1cc(-c2cc(C[SH](=O)=O)ccc2NCC2CC2)c(C(=O)O)cc1C(=O)O. The Morgan fingerprint density at radius 3 is 2.29 bits per heavy atom. The molecular weight excluding hydrogens is 382 g/mol. The van der Waals surface area contributed by atoms with E-state index in [0.717, 1.165) is 25.5 Å². The summed E-state index contributed by atoms with van der Waals surface area (Å²) in [5.74, 6) is -2.01. The molecule has 3 rings (SSSR count). The number of benzene rings is 2. The molecule has 1 aliphatic carbocycles. The first-order valence-electron chi connectivity index (χ1n) is 8.86. The highest BCUT2D eigenvalue weighted by atomic mass is 32.2. The van der Waals surface area contributed by atoms with Crippen molar-refractivity contribution in [2.75, 3.05) is 11.9 Å². The number of aryl methyl sites for hydroxylation is 1. The van der Waals surface area contributed by atoms with Crippen LogP contribution in [0.4, 0.5) is 5.69 Å². The molecular formula is C20H21NO6S. The molecule has 1 saturated carbocycles. The molecule has 7 nitrogen and oxygen atoms in total. The molecule has 0 radical (unpaired) electrons. The Labute approximate surface area is 164 Å². The van der Waals surface area contributed by atoms with E-state index in [1.165, 1.54) is 6.07 Å². The Balaban J connectivity index is 2.16. The van der Waals surface area contributed by atoms with Gasteiger partial charge in [0.1, 0.15) is 10.7 Å². The van der Waals surface area contributed by atoms with Gasteiger partial charge < -0.3 is 15.5 Å². The normalized spacial score (nSPS) is 13.5. The predicted molar refractivity (Wildman–Crippen MR) is 106 cm³/mol. The summed E-state index contributed by atoms with van der Waals surface area (Å²) in [7, 11) is -2.63. The molecule has 2 aromatic rings. The van der Waals surface area contributed by atoms with Crippen LogP contribution in [0.2, 0.25) is 0 Å². The van der Waals surface area contributed by atoms with Gasteiger partial charge in [-0.05, 0) is 66.6 Å². The number of anilines is 1. The highest BCUT2D eigenvalue weighted by Gasteiger charge is 2.23. The molecule has 0 unspecified atom stereocenters. The van der Waals surface area contributed by atoms with E-state index in [1.807, 2.05) is 0 Å². The average molecular weight is 403 g/mol. The van der Waals surface area contributed by atoms with Gasteiger partial charge in [-0.2, -0.15) is 0 Å². The molecule has 0 bridgehead atoms. The summed E-state index contributed by atoms with van der Waals surface area (Å²) in [4.78, 5) is 23.2. The third kappa shape index (κ3) is 4.51. The molecule has 28 heavy (non-hydrogen) atoms. The predicted octanol–water partition coefficient (Wildman–Crippen LogP) is 2.99. The van der Waals surface area contributed by atoms with Crippen molar-refractivity contribution < 1.29 is 28.2 Å². The number of nitrogens with one attached hydrogen (secondary N) is 1. The van der Waals surface area contributed by atoms with Crippen molar-refractivity contribution in [2.45, 2.75) is 25.5 Å². The van der Waals surface area contributed by atoms with Gasteiger partial charge >= 0.3 is 11.9 Å².